The molecule has 1 nitrogen and oxygen atoms in total. The van der Waals surface area contributed by atoms with Crippen molar-refractivity contribution in [2.45, 2.75) is 85.0 Å². The van der Waals surface area contributed by atoms with E-state index in [1.54, 1.807) is 0 Å². The van der Waals surface area contributed by atoms with Crippen LogP contribution >= 0.6 is 0 Å². The second-order valence-corrected chi connectivity index (χ2v) is 9.49. The first-order valence-corrected chi connectivity index (χ1v) is 10.2. The number of hydrogen-bond donors (Lipinski definition) is 0. The van der Waals surface area contributed by atoms with Crippen LogP contribution in [0.25, 0.3) is 0 Å². The number of rotatable bonds is 2. The van der Waals surface area contributed by atoms with Crippen LogP contribution in [0, 0.1) is 34.5 Å². The molecule has 0 aromatic rings. The van der Waals surface area contributed by atoms with Gasteiger partial charge in [0, 0.05) is 11.8 Å². The van der Waals surface area contributed by atoms with Gasteiger partial charge >= 0.3 is 0 Å². The number of Topliss-reactive ketones (excluding diaryl/α,β-unsaturated/α-hetero) is 1. The Balaban J connectivity index is 1.68. The van der Waals surface area contributed by atoms with Gasteiger partial charge in [0.05, 0.1) is 0 Å². The third-order valence-electron chi connectivity index (χ3n) is 8.56. The summed E-state index contributed by atoms with van der Waals surface area (Å²) >= 11 is 0. The van der Waals surface area contributed by atoms with E-state index in [0.717, 1.165) is 24.2 Å². The molecule has 0 spiro atoms. The minimum Gasteiger partial charge on any atom is -0.299 e. The molecule has 0 aliphatic heterocycles. The lowest BCUT2D eigenvalue weighted by atomic mass is 9.47. The Kier molecular flexibility index (Phi) is 3.78. The molecule has 4 aliphatic carbocycles. The quantitative estimate of drug-likeness (QED) is 0.577. The summed E-state index contributed by atoms with van der Waals surface area (Å²) in [6, 6.07) is 0. The van der Waals surface area contributed by atoms with E-state index in [4.69, 9.17) is 0 Å². The van der Waals surface area contributed by atoms with Crippen molar-refractivity contribution in [1.29, 1.82) is 0 Å². The lowest BCUT2D eigenvalue weighted by Crippen LogP contribution is -2.50. The highest BCUT2D eigenvalue weighted by Gasteiger charge is 2.58. The molecular weight excluding hydrogens is 280 g/mol. The van der Waals surface area contributed by atoms with Crippen molar-refractivity contribution < 1.29 is 4.79 Å². The molecule has 0 N–H and O–H groups in total. The molecule has 3 fully saturated rings. The van der Waals surface area contributed by atoms with Crippen molar-refractivity contribution in [3.05, 3.63) is 11.6 Å². The van der Waals surface area contributed by atoms with Crippen LogP contribution in [0.2, 0.25) is 0 Å². The summed E-state index contributed by atoms with van der Waals surface area (Å²) in [6.45, 7) is 7.23. The van der Waals surface area contributed by atoms with Crippen LogP contribution in [-0.2, 0) is 4.79 Å². The van der Waals surface area contributed by atoms with Crippen LogP contribution in [0.4, 0.5) is 0 Å². The van der Waals surface area contributed by atoms with Gasteiger partial charge in [0.15, 0.2) is 0 Å². The lowest BCUT2D eigenvalue weighted by molar-refractivity contribution is -0.131. The molecular formula is C22H34O. The van der Waals surface area contributed by atoms with Crippen molar-refractivity contribution >= 4 is 5.78 Å². The Morgan fingerprint density at radius 3 is 2.65 bits per heavy atom. The molecule has 0 amide bonds. The van der Waals surface area contributed by atoms with Crippen molar-refractivity contribution in [1.82, 2.24) is 0 Å². The topological polar surface area (TPSA) is 17.1 Å². The number of carbonyl (C=O) groups excluding carboxylic acids is 1. The highest BCUT2D eigenvalue weighted by molar-refractivity contribution is 5.87. The molecule has 0 radical (unpaired) electrons. The summed E-state index contributed by atoms with van der Waals surface area (Å²) in [5.74, 6) is 3.75. The molecule has 1 unspecified atom stereocenters. The van der Waals surface area contributed by atoms with Gasteiger partial charge in [-0.1, -0.05) is 45.3 Å². The third-order valence-corrected chi connectivity index (χ3v) is 8.56. The molecule has 0 bridgehead atoms. The molecule has 0 saturated heterocycles. The highest BCUT2D eigenvalue weighted by Crippen LogP contribution is 2.64. The van der Waals surface area contributed by atoms with Crippen LogP contribution in [0.15, 0.2) is 11.6 Å². The van der Waals surface area contributed by atoms with Gasteiger partial charge in [0.2, 0.25) is 0 Å². The van der Waals surface area contributed by atoms with E-state index in [0.29, 0.717) is 17.1 Å². The SMILES string of the molecule is CCCC1CCC[C@@]2(C)C1=CC[C@@H]1[C@@H]2CC[C@]2(C)C(=O)CC[C@@H]12. The van der Waals surface area contributed by atoms with Crippen LogP contribution in [0.3, 0.4) is 0 Å². The van der Waals surface area contributed by atoms with Crippen molar-refractivity contribution in [2.75, 3.05) is 0 Å². The Hall–Kier alpha value is -0.590. The second-order valence-electron chi connectivity index (χ2n) is 9.49. The van der Waals surface area contributed by atoms with Crippen LogP contribution in [0.5, 0.6) is 0 Å². The molecule has 0 aromatic heterocycles. The Labute approximate surface area is 142 Å². The average Bonchev–Trinajstić information content (AvgIpc) is 2.83. The van der Waals surface area contributed by atoms with Gasteiger partial charge in [-0.25, -0.2) is 0 Å². The minimum absolute atomic E-state index is 0.0281. The van der Waals surface area contributed by atoms with E-state index < -0.39 is 0 Å². The minimum atomic E-state index is 0.0281. The summed E-state index contributed by atoms with van der Waals surface area (Å²) in [6.07, 6.45) is 15.4. The Morgan fingerprint density at radius 2 is 1.87 bits per heavy atom. The summed E-state index contributed by atoms with van der Waals surface area (Å²) in [7, 11) is 0. The van der Waals surface area contributed by atoms with E-state index in [-0.39, 0.29) is 5.41 Å². The summed E-state index contributed by atoms with van der Waals surface area (Å²) in [5, 5.41) is 0. The fourth-order valence-electron chi connectivity index (χ4n) is 7.37. The molecule has 4 rings (SSSR count). The summed E-state index contributed by atoms with van der Waals surface area (Å²) < 4.78 is 0. The fraction of sp³-hybridized carbons (Fsp3) is 0.864. The number of fused-ring (bicyclic) bond motifs is 5. The summed E-state index contributed by atoms with van der Waals surface area (Å²) in [4.78, 5) is 12.5. The highest BCUT2D eigenvalue weighted by atomic mass is 16.1. The molecule has 23 heavy (non-hydrogen) atoms. The van der Waals surface area contributed by atoms with E-state index in [9.17, 15) is 4.79 Å². The zero-order chi connectivity index (χ0) is 16.2. The zero-order valence-electron chi connectivity index (χ0n) is 15.4. The van der Waals surface area contributed by atoms with Crippen molar-refractivity contribution in [2.24, 2.45) is 34.5 Å². The van der Waals surface area contributed by atoms with Gasteiger partial charge in [0.25, 0.3) is 0 Å². The van der Waals surface area contributed by atoms with E-state index in [1.165, 1.54) is 57.8 Å². The van der Waals surface area contributed by atoms with E-state index in [2.05, 4.69) is 26.8 Å². The number of ketones is 1. The van der Waals surface area contributed by atoms with Gasteiger partial charge in [-0.15, -0.1) is 0 Å². The van der Waals surface area contributed by atoms with Gasteiger partial charge in [0.1, 0.15) is 5.78 Å². The maximum Gasteiger partial charge on any atom is 0.139 e. The molecule has 0 heterocycles. The second kappa shape index (κ2) is 5.46. The number of hydrogen-bond acceptors (Lipinski definition) is 1. The first-order chi connectivity index (χ1) is 11.0. The van der Waals surface area contributed by atoms with Gasteiger partial charge in [-0.3, -0.25) is 4.79 Å². The smallest absolute Gasteiger partial charge is 0.139 e. The predicted octanol–water partition coefficient (Wildman–Crippen LogP) is 5.93. The average molecular weight is 315 g/mol. The molecule has 4 aliphatic rings. The Bertz CT molecular complexity index is 530. The zero-order valence-corrected chi connectivity index (χ0v) is 15.4. The fourth-order valence-corrected chi connectivity index (χ4v) is 7.37. The van der Waals surface area contributed by atoms with Gasteiger partial charge in [-0.05, 0) is 74.0 Å². The normalized spacial score (nSPS) is 49.2. The van der Waals surface area contributed by atoms with Crippen molar-refractivity contribution in [3.8, 4) is 0 Å². The monoisotopic (exact) mass is 314 g/mol. The van der Waals surface area contributed by atoms with Crippen molar-refractivity contribution in [3.63, 3.8) is 0 Å². The number of carbonyl (C=O) groups is 1. The van der Waals surface area contributed by atoms with E-state index >= 15 is 0 Å². The van der Waals surface area contributed by atoms with Crippen LogP contribution in [0.1, 0.15) is 85.0 Å². The molecule has 6 atom stereocenters. The molecule has 1 heteroatoms. The first kappa shape index (κ1) is 15.9. The van der Waals surface area contributed by atoms with Crippen LogP contribution in [-0.4, -0.2) is 5.78 Å². The molecule has 128 valence electrons. The number of allylic oxidation sites excluding steroid dienone is 2. The van der Waals surface area contributed by atoms with Crippen LogP contribution < -0.4 is 0 Å². The standard InChI is InChI=1S/C22H34O/c1-4-6-15-7-5-13-21(2)17(15)9-8-16-18-10-11-20(23)22(18,3)14-12-19(16)21/h9,15-16,18-19H,4-8,10-14H2,1-3H3/t15?,16-,18-,19-,21-,22-/m0/s1. The molecule has 3 saturated carbocycles. The predicted molar refractivity (Wildman–Crippen MR) is 95.1 cm³/mol. The van der Waals surface area contributed by atoms with E-state index in [1.807, 2.05) is 5.57 Å². The van der Waals surface area contributed by atoms with Gasteiger partial charge in [-0.2, -0.15) is 0 Å². The summed E-state index contributed by atoms with van der Waals surface area (Å²) in [5.41, 5.74) is 2.31. The van der Waals surface area contributed by atoms with Gasteiger partial charge < -0.3 is 0 Å². The largest absolute Gasteiger partial charge is 0.299 e. The molecule has 0 aromatic carbocycles. The lowest BCUT2D eigenvalue weighted by Gasteiger charge is -2.57. The Morgan fingerprint density at radius 1 is 1.09 bits per heavy atom. The third kappa shape index (κ3) is 2.14. The first-order valence-electron chi connectivity index (χ1n) is 10.2. The maximum absolute atomic E-state index is 12.5. The maximum atomic E-state index is 12.5.